The normalized spacial score (nSPS) is 12.7. The number of benzene rings is 1. The fourth-order valence-electron chi connectivity index (χ4n) is 2.15. The molecule has 0 amide bonds. The number of hydrogen-bond acceptors (Lipinski definition) is 2. The number of rotatable bonds is 4. The molecule has 3 heteroatoms. The van der Waals surface area contributed by atoms with E-state index >= 15 is 0 Å². The maximum Gasteiger partial charge on any atom is 0.0540 e. The van der Waals surface area contributed by atoms with Crippen molar-refractivity contribution in [1.82, 2.24) is 9.78 Å². The lowest BCUT2D eigenvalue weighted by molar-refractivity contribution is 0.700. The molecule has 1 aromatic heterocycles. The quantitative estimate of drug-likeness (QED) is 0.896. The van der Waals surface area contributed by atoms with E-state index in [4.69, 9.17) is 5.73 Å². The summed E-state index contributed by atoms with van der Waals surface area (Å²) >= 11 is 0. The van der Waals surface area contributed by atoms with Crippen LogP contribution in [0.15, 0.2) is 30.5 Å². The Bertz CT molecular complexity index is 511. The Labute approximate surface area is 109 Å². The maximum atomic E-state index is 6.26. The van der Waals surface area contributed by atoms with E-state index in [0.29, 0.717) is 0 Å². The van der Waals surface area contributed by atoms with Crippen LogP contribution in [0.1, 0.15) is 35.3 Å². The van der Waals surface area contributed by atoms with Crippen molar-refractivity contribution in [2.45, 2.75) is 32.7 Å². The third-order valence-corrected chi connectivity index (χ3v) is 3.56. The van der Waals surface area contributed by atoms with Crippen LogP contribution in [0.5, 0.6) is 0 Å². The fourth-order valence-corrected chi connectivity index (χ4v) is 2.15. The first-order chi connectivity index (χ1) is 8.61. The summed E-state index contributed by atoms with van der Waals surface area (Å²) in [5, 5.41) is 4.24. The number of aryl methyl sites for hydroxylation is 2. The molecule has 0 radical (unpaired) electrons. The first-order valence-electron chi connectivity index (χ1n) is 6.43. The van der Waals surface area contributed by atoms with Crippen molar-refractivity contribution < 1.29 is 0 Å². The average molecular weight is 243 g/mol. The van der Waals surface area contributed by atoms with Gasteiger partial charge in [0.2, 0.25) is 0 Å². The Morgan fingerprint density at radius 1 is 1.22 bits per heavy atom. The molecule has 2 aromatic rings. The van der Waals surface area contributed by atoms with Gasteiger partial charge in [0.05, 0.1) is 6.20 Å². The lowest BCUT2D eigenvalue weighted by Crippen LogP contribution is -2.14. The monoisotopic (exact) mass is 243 g/mol. The van der Waals surface area contributed by atoms with Gasteiger partial charge in [0.25, 0.3) is 0 Å². The Morgan fingerprint density at radius 2 is 1.83 bits per heavy atom. The van der Waals surface area contributed by atoms with Crippen LogP contribution >= 0.6 is 0 Å². The molecule has 0 aliphatic carbocycles. The van der Waals surface area contributed by atoms with E-state index in [9.17, 15) is 0 Å². The SMILES string of the molecule is CCc1ccc(CC(N)c2cnn(C)c2C)cc1. The number of nitrogens with zero attached hydrogens (tertiary/aromatic N) is 2. The second-order valence-corrected chi connectivity index (χ2v) is 4.79. The highest BCUT2D eigenvalue weighted by Gasteiger charge is 2.12. The van der Waals surface area contributed by atoms with Crippen LogP contribution in [0.2, 0.25) is 0 Å². The summed E-state index contributed by atoms with van der Waals surface area (Å²) in [4.78, 5) is 0. The van der Waals surface area contributed by atoms with Gasteiger partial charge < -0.3 is 5.73 Å². The summed E-state index contributed by atoms with van der Waals surface area (Å²) in [5.41, 5.74) is 11.2. The van der Waals surface area contributed by atoms with Crippen LogP contribution in [0.25, 0.3) is 0 Å². The van der Waals surface area contributed by atoms with Crippen molar-refractivity contribution in [3.8, 4) is 0 Å². The van der Waals surface area contributed by atoms with Gasteiger partial charge in [-0.15, -0.1) is 0 Å². The summed E-state index contributed by atoms with van der Waals surface area (Å²) in [7, 11) is 1.95. The van der Waals surface area contributed by atoms with E-state index in [1.807, 2.05) is 17.9 Å². The molecule has 0 bridgehead atoms. The van der Waals surface area contributed by atoms with E-state index in [-0.39, 0.29) is 6.04 Å². The van der Waals surface area contributed by atoms with E-state index in [1.165, 1.54) is 11.1 Å². The Kier molecular flexibility index (Phi) is 3.82. The summed E-state index contributed by atoms with van der Waals surface area (Å²) in [6.45, 7) is 4.22. The molecule has 0 saturated carbocycles. The van der Waals surface area contributed by atoms with E-state index in [1.54, 1.807) is 0 Å². The molecule has 1 aromatic carbocycles. The third kappa shape index (κ3) is 2.62. The third-order valence-electron chi connectivity index (χ3n) is 3.56. The lowest BCUT2D eigenvalue weighted by atomic mass is 9.99. The van der Waals surface area contributed by atoms with Gasteiger partial charge in [-0.2, -0.15) is 5.10 Å². The summed E-state index contributed by atoms with van der Waals surface area (Å²) in [5.74, 6) is 0. The summed E-state index contributed by atoms with van der Waals surface area (Å²) < 4.78 is 1.87. The number of nitrogens with two attached hydrogens (primary N) is 1. The van der Waals surface area contributed by atoms with Gasteiger partial charge >= 0.3 is 0 Å². The minimum Gasteiger partial charge on any atom is -0.324 e. The van der Waals surface area contributed by atoms with Crippen LogP contribution in [0, 0.1) is 6.92 Å². The Morgan fingerprint density at radius 3 is 2.33 bits per heavy atom. The van der Waals surface area contributed by atoms with Crippen LogP contribution in [0.3, 0.4) is 0 Å². The van der Waals surface area contributed by atoms with Gasteiger partial charge in [-0.05, 0) is 30.9 Å². The van der Waals surface area contributed by atoms with Crippen LogP contribution in [-0.4, -0.2) is 9.78 Å². The Hall–Kier alpha value is -1.61. The predicted octanol–water partition coefficient (Wildman–Crippen LogP) is 2.53. The summed E-state index contributed by atoms with van der Waals surface area (Å²) in [6.07, 6.45) is 3.81. The molecule has 0 aliphatic heterocycles. The van der Waals surface area contributed by atoms with Gasteiger partial charge in [0.15, 0.2) is 0 Å². The van der Waals surface area contributed by atoms with Crippen LogP contribution < -0.4 is 5.73 Å². The molecule has 0 aliphatic rings. The topological polar surface area (TPSA) is 43.8 Å². The highest BCUT2D eigenvalue weighted by molar-refractivity contribution is 5.27. The molecule has 0 spiro atoms. The molecule has 0 fully saturated rings. The molecule has 3 nitrogen and oxygen atoms in total. The van der Waals surface area contributed by atoms with Gasteiger partial charge in [0.1, 0.15) is 0 Å². The standard InChI is InChI=1S/C15H21N3/c1-4-12-5-7-13(8-6-12)9-15(16)14-10-17-18(3)11(14)2/h5-8,10,15H,4,9,16H2,1-3H3. The van der Waals surface area contributed by atoms with Crippen molar-refractivity contribution in [3.63, 3.8) is 0 Å². The highest BCUT2D eigenvalue weighted by Crippen LogP contribution is 2.19. The number of aromatic nitrogens is 2. The molecule has 1 atom stereocenters. The highest BCUT2D eigenvalue weighted by atomic mass is 15.3. The van der Waals surface area contributed by atoms with Crippen LogP contribution in [0.4, 0.5) is 0 Å². The lowest BCUT2D eigenvalue weighted by Gasteiger charge is -2.11. The smallest absolute Gasteiger partial charge is 0.0540 e. The van der Waals surface area contributed by atoms with Crippen LogP contribution in [-0.2, 0) is 19.9 Å². The van der Waals surface area contributed by atoms with Gasteiger partial charge in [-0.3, -0.25) is 4.68 Å². The van der Waals surface area contributed by atoms with Crippen molar-refractivity contribution in [2.75, 3.05) is 0 Å². The van der Waals surface area contributed by atoms with E-state index in [2.05, 4.69) is 43.2 Å². The molecule has 2 rings (SSSR count). The average Bonchev–Trinajstić information content (AvgIpc) is 2.71. The predicted molar refractivity (Wildman–Crippen MR) is 74.4 cm³/mol. The molecule has 18 heavy (non-hydrogen) atoms. The van der Waals surface area contributed by atoms with Gasteiger partial charge in [-0.25, -0.2) is 0 Å². The first kappa shape index (κ1) is 12.8. The zero-order chi connectivity index (χ0) is 13.1. The Balaban J connectivity index is 2.11. The van der Waals surface area contributed by atoms with Crippen molar-refractivity contribution >= 4 is 0 Å². The minimum absolute atomic E-state index is 0.0196. The molecular weight excluding hydrogens is 222 g/mol. The second kappa shape index (κ2) is 5.36. The molecule has 1 heterocycles. The number of hydrogen-bond donors (Lipinski definition) is 1. The minimum atomic E-state index is 0.0196. The largest absolute Gasteiger partial charge is 0.324 e. The molecular formula is C15H21N3. The summed E-state index contributed by atoms with van der Waals surface area (Å²) in [6, 6.07) is 8.72. The zero-order valence-electron chi connectivity index (χ0n) is 11.4. The fraction of sp³-hybridized carbons (Fsp3) is 0.400. The molecule has 96 valence electrons. The second-order valence-electron chi connectivity index (χ2n) is 4.79. The van der Waals surface area contributed by atoms with Crippen molar-refractivity contribution in [3.05, 3.63) is 52.8 Å². The molecule has 0 saturated heterocycles. The van der Waals surface area contributed by atoms with Crippen molar-refractivity contribution in [1.29, 1.82) is 0 Å². The van der Waals surface area contributed by atoms with E-state index in [0.717, 1.165) is 24.1 Å². The zero-order valence-corrected chi connectivity index (χ0v) is 11.4. The molecule has 2 N–H and O–H groups in total. The molecule has 1 unspecified atom stereocenters. The van der Waals surface area contributed by atoms with Gasteiger partial charge in [-0.1, -0.05) is 31.2 Å². The first-order valence-corrected chi connectivity index (χ1v) is 6.43. The van der Waals surface area contributed by atoms with E-state index < -0.39 is 0 Å². The van der Waals surface area contributed by atoms with Crippen molar-refractivity contribution in [2.24, 2.45) is 12.8 Å². The maximum absolute atomic E-state index is 6.26. The van der Waals surface area contributed by atoms with Gasteiger partial charge in [0, 0.05) is 24.3 Å².